The third-order valence-electron chi connectivity index (χ3n) is 3.00. The fourth-order valence-electron chi connectivity index (χ4n) is 2.03. The number of aromatic nitrogens is 5. The van der Waals surface area contributed by atoms with Gasteiger partial charge in [0.25, 0.3) is 0 Å². The van der Waals surface area contributed by atoms with Crippen molar-refractivity contribution in [1.82, 2.24) is 30.5 Å². The van der Waals surface area contributed by atoms with Gasteiger partial charge in [0.15, 0.2) is 0 Å². The van der Waals surface area contributed by atoms with E-state index in [1.807, 2.05) is 12.1 Å². The molecule has 0 saturated carbocycles. The van der Waals surface area contributed by atoms with E-state index in [9.17, 15) is 0 Å². The van der Waals surface area contributed by atoms with E-state index in [1.54, 1.807) is 17.2 Å². The molecule has 3 heterocycles. The van der Waals surface area contributed by atoms with Crippen molar-refractivity contribution in [2.45, 2.75) is 18.9 Å². The maximum absolute atomic E-state index is 4.44. The molecule has 0 radical (unpaired) electrons. The van der Waals surface area contributed by atoms with Gasteiger partial charge in [-0.3, -0.25) is 4.98 Å². The zero-order valence-corrected chi connectivity index (χ0v) is 9.45. The van der Waals surface area contributed by atoms with E-state index in [1.165, 1.54) is 0 Å². The molecule has 0 amide bonds. The lowest BCUT2D eigenvalue weighted by molar-refractivity contribution is 0.309. The average molecular weight is 230 g/mol. The van der Waals surface area contributed by atoms with Gasteiger partial charge in [-0.05, 0) is 43.3 Å². The number of hydrogen-bond donors (Lipinski definition) is 1. The minimum Gasteiger partial charge on any atom is -0.317 e. The van der Waals surface area contributed by atoms with Gasteiger partial charge >= 0.3 is 0 Å². The van der Waals surface area contributed by atoms with Crippen LogP contribution in [-0.2, 0) is 0 Å². The maximum Gasteiger partial charge on any atom is 0.205 e. The highest BCUT2D eigenvalue weighted by molar-refractivity contribution is 5.51. The quantitative estimate of drug-likeness (QED) is 0.820. The highest BCUT2D eigenvalue weighted by atomic mass is 15.6. The van der Waals surface area contributed by atoms with E-state index in [2.05, 4.69) is 25.7 Å². The van der Waals surface area contributed by atoms with E-state index in [-0.39, 0.29) is 0 Å². The largest absolute Gasteiger partial charge is 0.317 e. The van der Waals surface area contributed by atoms with Crippen molar-refractivity contribution in [3.8, 4) is 11.4 Å². The molecule has 0 unspecified atom stereocenters. The van der Waals surface area contributed by atoms with Crippen LogP contribution in [0.4, 0.5) is 0 Å². The second-order valence-electron chi connectivity index (χ2n) is 4.15. The van der Waals surface area contributed by atoms with Crippen LogP contribution in [0, 0.1) is 0 Å². The molecule has 1 fully saturated rings. The molecule has 6 nitrogen and oxygen atoms in total. The van der Waals surface area contributed by atoms with Crippen molar-refractivity contribution in [1.29, 1.82) is 0 Å². The summed E-state index contributed by atoms with van der Waals surface area (Å²) in [4.78, 5) is 5.72. The van der Waals surface area contributed by atoms with Crippen LogP contribution in [0.15, 0.2) is 24.5 Å². The molecule has 1 N–H and O–H groups in total. The van der Waals surface area contributed by atoms with Crippen LogP contribution in [0.3, 0.4) is 0 Å². The summed E-state index contributed by atoms with van der Waals surface area (Å²) in [5.74, 6) is 0.672. The van der Waals surface area contributed by atoms with Gasteiger partial charge in [0.05, 0.1) is 6.04 Å². The van der Waals surface area contributed by atoms with E-state index >= 15 is 0 Å². The summed E-state index contributed by atoms with van der Waals surface area (Å²) in [5.41, 5.74) is 0.959. The number of rotatable bonds is 2. The molecule has 3 rings (SSSR count). The summed E-state index contributed by atoms with van der Waals surface area (Å²) in [5, 5.41) is 16.0. The molecule has 0 aliphatic carbocycles. The summed E-state index contributed by atoms with van der Waals surface area (Å²) in [6.45, 7) is 2.05. The van der Waals surface area contributed by atoms with Crippen LogP contribution >= 0.6 is 0 Å². The van der Waals surface area contributed by atoms with Crippen molar-refractivity contribution in [2.75, 3.05) is 13.1 Å². The van der Waals surface area contributed by atoms with Crippen molar-refractivity contribution in [3.05, 3.63) is 24.5 Å². The first-order chi connectivity index (χ1) is 8.43. The van der Waals surface area contributed by atoms with Crippen LogP contribution in [0.1, 0.15) is 18.9 Å². The van der Waals surface area contributed by atoms with Gasteiger partial charge in [-0.25, -0.2) is 0 Å². The van der Waals surface area contributed by atoms with Gasteiger partial charge in [-0.15, -0.1) is 10.2 Å². The smallest absolute Gasteiger partial charge is 0.205 e. The zero-order chi connectivity index (χ0) is 11.5. The topological polar surface area (TPSA) is 68.5 Å². The molecule has 17 heavy (non-hydrogen) atoms. The molecule has 1 aliphatic heterocycles. The minimum atomic E-state index is 0.374. The van der Waals surface area contributed by atoms with Crippen LogP contribution in [0.5, 0.6) is 0 Å². The molecule has 0 bridgehead atoms. The molecule has 1 aliphatic rings. The number of nitrogens with one attached hydrogen (secondary N) is 1. The van der Waals surface area contributed by atoms with E-state index in [0.29, 0.717) is 11.9 Å². The van der Waals surface area contributed by atoms with Gasteiger partial charge in [-0.1, -0.05) is 0 Å². The summed E-state index contributed by atoms with van der Waals surface area (Å²) < 4.78 is 0. The van der Waals surface area contributed by atoms with Gasteiger partial charge < -0.3 is 5.32 Å². The number of piperidine rings is 1. The molecular weight excluding hydrogens is 216 g/mol. The standard InChI is InChI=1S/C11H14N6/c1-5-12-6-2-9(1)11-14-16-17(15-11)10-3-7-13-8-4-10/h1-2,5-6,10,13H,3-4,7-8H2. The Kier molecular flexibility index (Phi) is 2.79. The average Bonchev–Trinajstić information content (AvgIpc) is 2.90. The highest BCUT2D eigenvalue weighted by Crippen LogP contribution is 2.18. The van der Waals surface area contributed by atoms with Gasteiger partial charge in [0.2, 0.25) is 5.82 Å². The molecule has 0 atom stereocenters. The second-order valence-corrected chi connectivity index (χ2v) is 4.15. The van der Waals surface area contributed by atoms with Crippen LogP contribution < -0.4 is 5.32 Å². The van der Waals surface area contributed by atoms with Gasteiger partial charge in [-0.2, -0.15) is 4.80 Å². The summed E-state index contributed by atoms with van der Waals surface area (Å²) >= 11 is 0. The molecule has 2 aromatic rings. The Morgan fingerprint density at radius 2 is 1.94 bits per heavy atom. The first-order valence-electron chi connectivity index (χ1n) is 5.84. The fourth-order valence-corrected chi connectivity index (χ4v) is 2.03. The van der Waals surface area contributed by atoms with E-state index < -0.39 is 0 Å². The summed E-state index contributed by atoms with van der Waals surface area (Å²) in [6, 6.07) is 4.16. The van der Waals surface area contributed by atoms with Gasteiger partial charge in [0, 0.05) is 18.0 Å². The van der Waals surface area contributed by atoms with Crippen molar-refractivity contribution < 1.29 is 0 Å². The third-order valence-corrected chi connectivity index (χ3v) is 3.00. The molecular formula is C11H14N6. The molecule has 1 saturated heterocycles. The van der Waals surface area contributed by atoms with Crippen LogP contribution in [-0.4, -0.2) is 38.3 Å². The lowest BCUT2D eigenvalue weighted by Crippen LogP contribution is -2.30. The SMILES string of the molecule is c1cc(-c2nnn(C3CCNCC3)n2)ccn1. The normalized spacial score (nSPS) is 17.2. The lowest BCUT2D eigenvalue weighted by Gasteiger charge is -2.20. The van der Waals surface area contributed by atoms with Crippen molar-refractivity contribution in [2.24, 2.45) is 0 Å². The Balaban J connectivity index is 1.83. The third kappa shape index (κ3) is 2.16. The highest BCUT2D eigenvalue weighted by Gasteiger charge is 2.18. The van der Waals surface area contributed by atoms with E-state index in [0.717, 1.165) is 31.5 Å². The summed E-state index contributed by atoms with van der Waals surface area (Å²) in [6.07, 6.45) is 5.60. The van der Waals surface area contributed by atoms with Crippen molar-refractivity contribution in [3.63, 3.8) is 0 Å². The Labute approximate surface area is 99.1 Å². The molecule has 0 spiro atoms. The maximum atomic E-state index is 4.44. The van der Waals surface area contributed by atoms with Crippen LogP contribution in [0.25, 0.3) is 11.4 Å². The fraction of sp³-hybridized carbons (Fsp3) is 0.455. The minimum absolute atomic E-state index is 0.374. The molecule has 6 heteroatoms. The lowest BCUT2D eigenvalue weighted by atomic mass is 10.1. The predicted molar refractivity (Wildman–Crippen MR) is 62.2 cm³/mol. The predicted octanol–water partition coefficient (Wildman–Crippen LogP) is 0.660. The van der Waals surface area contributed by atoms with Crippen molar-refractivity contribution >= 4 is 0 Å². The first-order valence-corrected chi connectivity index (χ1v) is 5.84. The Morgan fingerprint density at radius 1 is 1.18 bits per heavy atom. The zero-order valence-electron chi connectivity index (χ0n) is 9.45. The number of hydrogen-bond acceptors (Lipinski definition) is 5. The number of pyridine rings is 1. The Morgan fingerprint density at radius 3 is 2.71 bits per heavy atom. The van der Waals surface area contributed by atoms with Gasteiger partial charge in [0.1, 0.15) is 0 Å². The Hall–Kier alpha value is -1.82. The number of tetrazole rings is 1. The second kappa shape index (κ2) is 4.58. The number of nitrogens with zero attached hydrogens (tertiary/aromatic N) is 5. The molecule has 88 valence electrons. The monoisotopic (exact) mass is 230 g/mol. The Bertz CT molecular complexity index is 474. The van der Waals surface area contributed by atoms with Crippen LogP contribution in [0.2, 0.25) is 0 Å². The molecule has 0 aromatic carbocycles. The summed E-state index contributed by atoms with van der Waals surface area (Å²) in [7, 11) is 0. The van der Waals surface area contributed by atoms with E-state index in [4.69, 9.17) is 0 Å². The first kappa shape index (κ1) is 10.3. The molecule has 2 aromatic heterocycles.